The molecule has 0 aliphatic carbocycles. The van der Waals surface area contributed by atoms with Crippen LogP contribution in [0.3, 0.4) is 0 Å². The second-order valence-corrected chi connectivity index (χ2v) is 8.65. The first-order valence-corrected chi connectivity index (χ1v) is 10.6. The van der Waals surface area contributed by atoms with Crippen molar-refractivity contribution in [1.29, 1.82) is 0 Å². The van der Waals surface area contributed by atoms with Crippen molar-refractivity contribution in [3.63, 3.8) is 0 Å². The standard InChI is InChI=1S/C19H15N3O3S3/c23-15(24)7-4-8-22-17(25)14(28-19(22)26)11-13-16(12-5-2-1-3-6-12)20-18-21(13)9-10-27-18/h1-3,5-6,9-11H,4,7-8H2,(H,23,24). The van der Waals surface area contributed by atoms with Crippen LogP contribution in [0.5, 0.6) is 0 Å². The highest BCUT2D eigenvalue weighted by molar-refractivity contribution is 8.26. The summed E-state index contributed by atoms with van der Waals surface area (Å²) in [6.07, 6.45) is 4.13. The number of amides is 1. The topological polar surface area (TPSA) is 74.9 Å². The number of thioether (sulfide) groups is 1. The molecule has 9 heteroatoms. The fourth-order valence-corrected chi connectivity index (χ4v) is 4.96. The predicted octanol–water partition coefficient (Wildman–Crippen LogP) is 4.13. The molecule has 0 spiro atoms. The molecule has 0 unspecified atom stereocenters. The molecule has 6 nitrogen and oxygen atoms in total. The van der Waals surface area contributed by atoms with E-state index in [0.29, 0.717) is 22.2 Å². The first-order chi connectivity index (χ1) is 13.5. The SMILES string of the molecule is O=C(O)CCCN1C(=O)C(=Cc2c(-c3ccccc3)nc3sccn23)SC1=S. The monoisotopic (exact) mass is 429 g/mol. The molecule has 1 aromatic carbocycles. The van der Waals surface area contributed by atoms with Crippen molar-refractivity contribution in [3.8, 4) is 11.3 Å². The van der Waals surface area contributed by atoms with Crippen molar-refractivity contribution in [2.75, 3.05) is 6.54 Å². The summed E-state index contributed by atoms with van der Waals surface area (Å²) in [4.78, 5) is 31.1. The summed E-state index contributed by atoms with van der Waals surface area (Å²) in [5, 5.41) is 10.7. The van der Waals surface area contributed by atoms with E-state index in [1.54, 1.807) is 0 Å². The number of thiazole rings is 1. The van der Waals surface area contributed by atoms with E-state index >= 15 is 0 Å². The molecule has 1 fully saturated rings. The Bertz CT molecular complexity index is 1100. The van der Waals surface area contributed by atoms with Gasteiger partial charge in [0.2, 0.25) is 0 Å². The average Bonchev–Trinajstić information content (AvgIpc) is 3.33. The van der Waals surface area contributed by atoms with Gasteiger partial charge in [-0.05, 0) is 12.5 Å². The summed E-state index contributed by atoms with van der Waals surface area (Å²) < 4.78 is 2.42. The van der Waals surface area contributed by atoms with E-state index < -0.39 is 5.97 Å². The molecule has 1 saturated heterocycles. The second-order valence-electron chi connectivity index (χ2n) is 6.10. The highest BCUT2D eigenvalue weighted by Crippen LogP contribution is 2.35. The van der Waals surface area contributed by atoms with Crippen molar-refractivity contribution < 1.29 is 14.7 Å². The molecule has 3 aromatic rings. The van der Waals surface area contributed by atoms with E-state index in [4.69, 9.17) is 22.3 Å². The Morgan fingerprint density at radius 1 is 1.29 bits per heavy atom. The van der Waals surface area contributed by atoms with Gasteiger partial charge in [-0.3, -0.25) is 18.9 Å². The molecule has 1 aliphatic heterocycles. The molecule has 0 radical (unpaired) electrons. The van der Waals surface area contributed by atoms with Crippen molar-refractivity contribution in [1.82, 2.24) is 14.3 Å². The zero-order chi connectivity index (χ0) is 19.7. The second kappa shape index (κ2) is 7.86. The van der Waals surface area contributed by atoms with Crippen LogP contribution in [0, 0.1) is 0 Å². The van der Waals surface area contributed by atoms with Gasteiger partial charge in [-0.25, -0.2) is 4.98 Å². The number of hydrogen-bond donors (Lipinski definition) is 1. The molecule has 1 aliphatic rings. The van der Waals surface area contributed by atoms with Gasteiger partial charge in [0.1, 0.15) is 4.32 Å². The number of rotatable bonds is 6. The molecule has 28 heavy (non-hydrogen) atoms. The number of aliphatic carboxylic acids is 1. The third-order valence-corrected chi connectivity index (χ3v) is 6.39. The third kappa shape index (κ3) is 3.60. The Morgan fingerprint density at radius 2 is 2.07 bits per heavy atom. The molecule has 142 valence electrons. The first kappa shape index (κ1) is 18.9. The third-order valence-electron chi connectivity index (χ3n) is 4.26. The van der Waals surface area contributed by atoms with Crippen LogP contribution in [0.2, 0.25) is 0 Å². The van der Waals surface area contributed by atoms with E-state index in [9.17, 15) is 9.59 Å². The highest BCUT2D eigenvalue weighted by Gasteiger charge is 2.32. The number of carboxylic acid groups (broad SMARTS) is 1. The lowest BCUT2D eigenvalue weighted by atomic mass is 10.1. The number of thiocarbonyl (C=S) groups is 1. The minimum absolute atomic E-state index is 0.00636. The van der Waals surface area contributed by atoms with Gasteiger partial charge in [-0.15, -0.1) is 11.3 Å². The Labute approximate surface area is 174 Å². The van der Waals surface area contributed by atoms with Gasteiger partial charge in [0.05, 0.1) is 16.3 Å². The maximum Gasteiger partial charge on any atom is 0.303 e. The summed E-state index contributed by atoms with van der Waals surface area (Å²) in [5.74, 6) is -1.07. The molecule has 2 aromatic heterocycles. The van der Waals surface area contributed by atoms with Crippen LogP contribution in [0.15, 0.2) is 46.8 Å². The summed E-state index contributed by atoms with van der Waals surface area (Å²) in [5.41, 5.74) is 2.61. The molecule has 3 heterocycles. The first-order valence-electron chi connectivity index (χ1n) is 8.53. The van der Waals surface area contributed by atoms with E-state index in [1.807, 2.05) is 52.4 Å². The number of benzene rings is 1. The average molecular weight is 430 g/mol. The van der Waals surface area contributed by atoms with Crippen LogP contribution in [-0.4, -0.2) is 42.1 Å². The van der Waals surface area contributed by atoms with Gasteiger partial charge >= 0.3 is 5.97 Å². The Kier molecular flexibility index (Phi) is 5.29. The van der Waals surface area contributed by atoms with Gasteiger partial charge in [-0.1, -0.05) is 54.3 Å². The predicted molar refractivity (Wildman–Crippen MR) is 115 cm³/mol. The fraction of sp³-hybridized carbons (Fsp3) is 0.158. The Morgan fingerprint density at radius 3 is 2.82 bits per heavy atom. The van der Waals surface area contributed by atoms with Crippen LogP contribution in [-0.2, 0) is 9.59 Å². The quantitative estimate of drug-likeness (QED) is 0.469. The molecule has 0 atom stereocenters. The summed E-state index contributed by atoms with van der Waals surface area (Å²) in [6.45, 7) is 0.306. The Balaban J connectivity index is 1.68. The molecule has 4 rings (SSSR count). The van der Waals surface area contributed by atoms with E-state index in [-0.39, 0.29) is 12.3 Å². The minimum atomic E-state index is -0.882. The van der Waals surface area contributed by atoms with Crippen molar-refractivity contribution in [2.24, 2.45) is 0 Å². The van der Waals surface area contributed by atoms with Crippen molar-refractivity contribution in [3.05, 3.63) is 52.5 Å². The molecule has 1 N–H and O–H groups in total. The van der Waals surface area contributed by atoms with Gasteiger partial charge in [0.25, 0.3) is 5.91 Å². The molecular formula is C19H15N3O3S3. The number of carbonyl (C=O) groups is 2. The molecular weight excluding hydrogens is 414 g/mol. The number of carboxylic acids is 1. The van der Waals surface area contributed by atoms with Crippen LogP contribution in [0.1, 0.15) is 18.5 Å². The van der Waals surface area contributed by atoms with Crippen LogP contribution < -0.4 is 0 Å². The van der Waals surface area contributed by atoms with Gasteiger partial charge in [-0.2, -0.15) is 0 Å². The summed E-state index contributed by atoms with van der Waals surface area (Å²) >= 11 is 8.10. The lowest BCUT2D eigenvalue weighted by Gasteiger charge is -2.13. The van der Waals surface area contributed by atoms with Crippen molar-refractivity contribution in [2.45, 2.75) is 12.8 Å². The van der Waals surface area contributed by atoms with Crippen LogP contribution in [0.4, 0.5) is 0 Å². The smallest absolute Gasteiger partial charge is 0.303 e. The van der Waals surface area contributed by atoms with E-state index in [0.717, 1.165) is 21.9 Å². The Hall–Kier alpha value is -2.49. The normalized spacial score (nSPS) is 15.9. The molecule has 0 saturated carbocycles. The van der Waals surface area contributed by atoms with Gasteiger partial charge < -0.3 is 5.11 Å². The number of aromatic nitrogens is 2. The van der Waals surface area contributed by atoms with Crippen LogP contribution in [0.25, 0.3) is 22.3 Å². The maximum atomic E-state index is 12.8. The molecule has 1 amide bonds. The summed E-state index contributed by atoms with van der Waals surface area (Å²) in [6, 6.07) is 9.83. The molecule has 0 bridgehead atoms. The minimum Gasteiger partial charge on any atom is -0.481 e. The number of nitrogens with zero attached hydrogens (tertiary/aromatic N) is 3. The zero-order valence-electron chi connectivity index (χ0n) is 14.6. The fourth-order valence-electron chi connectivity index (χ4n) is 2.95. The number of imidazole rings is 1. The number of hydrogen-bond acceptors (Lipinski definition) is 6. The lowest BCUT2D eigenvalue weighted by Crippen LogP contribution is -2.29. The number of fused-ring (bicyclic) bond motifs is 1. The van der Waals surface area contributed by atoms with Crippen molar-refractivity contribution >= 4 is 62.6 Å². The highest BCUT2D eigenvalue weighted by atomic mass is 32.2. The van der Waals surface area contributed by atoms with Gasteiger partial charge in [0.15, 0.2) is 4.96 Å². The lowest BCUT2D eigenvalue weighted by molar-refractivity contribution is -0.137. The maximum absolute atomic E-state index is 12.8. The van der Waals surface area contributed by atoms with Crippen LogP contribution >= 0.6 is 35.3 Å². The van der Waals surface area contributed by atoms with Gasteiger partial charge in [0, 0.05) is 30.1 Å². The van der Waals surface area contributed by atoms with E-state index in [2.05, 4.69) is 0 Å². The largest absolute Gasteiger partial charge is 0.481 e. The zero-order valence-corrected chi connectivity index (χ0v) is 17.0. The summed E-state index contributed by atoms with van der Waals surface area (Å²) in [7, 11) is 0. The van der Waals surface area contributed by atoms with E-state index in [1.165, 1.54) is 28.0 Å². The number of carbonyl (C=O) groups excluding carboxylic acids is 1.